The van der Waals surface area contributed by atoms with E-state index in [1.165, 1.54) is 0 Å². The molecular formula is C17H21NO3. The maximum atomic E-state index is 11.3. The van der Waals surface area contributed by atoms with Crippen LogP contribution in [0.1, 0.15) is 24.2 Å². The number of ether oxygens (including phenoxy) is 1. The molecule has 0 radical (unpaired) electrons. The van der Waals surface area contributed by atoms with Gasteiger partial charge in [0.05, 0.1) is 5.56 Å². The lowest BCUT2D eigenvalue weighted by Crippen LogP contribution is -2.27. The molecule has 112 valence electrons. The Bertz CT molecular complexity index is 620. The molecule has 0 saturated carbocycles. The van der Waals surface area contributed by atoms with Crippen LogP contribution in [0.25, 0.3) is 10.8 Å². The smallest absolute Gasteiger partial charge is 0.336 e. The standard InChI is InChI=1S/C17H21NO3/c1-3-18(4-2)11-12-21-16-10-9-15(17(19)20)13-7-5-6-8-14(13)16/h5-10H,3-4,11-12H2,1-2H3,(H,19,20). The Labute approximate surface area is 124 Å². The first kappa shape index (κ1) is 15.3. The van der Waals surface area contributed by atoms with Gasteiger partial charge in [-0.15, -0.1) is 0 Å². The monoisotopic (exact) mass is 287 g/mol. The minimum Gasteiger partial charge on any atom is -0.492 e. The Hall–Kier alpha value is -2.07. The number of carboxylic acids is 1. The topological polar surface area (TPSA) is 49.8 Å². The molecule has 0 aliphatic heterocycles. The van der Waals surface area contributed by atoms with Crippen LogP contribution in [0.2, 0.25) is 0 Å². The van der Waals surface area contributed by atoms with Gasteiger partial charge in [-0.2, -0.15) is 0 Å². The molecule has 0 spiro atoms. The average Bonchev–Trinajstić information content (AvgIpc) is 2.51. The third-order valence-corrected chi connectivity index (χ3v) is 3.67. The number of carbonyl (C=O) groups is 1. The molecule has 0 unspecified atom stereocenters. The SMILES string of the molecule is CCN(CC)CCOc1ccc(C(=O)O)c2ccccc12. The van der Waals surface area contributed by atoms with E-state index in [1.54, 1.807) is 12.1 Å². The Morgan fingerprint density at radius 3 is 2.38 bits per heavy atom. The lowest BCUT2D eigenvalue weighted by atomic mass is 10.0. The quantitative estimate of drug-likeness (QED) is 0.849. The van der Waals surface area contributed by atoms with E-state index < -0.39 is 5.97 Å². The molecule has 21 heavy (non-hydrogen) atoms. The second-order valence-electron chi connectivity index (χ2n) is 4.84. The number of benzene rings is 2. The molecule has 0 amide bonds. The van der Waals surface area contributed by atoms with Gasteiger partial charge >= 0.3 is 5.97 Å². The van der Waals surface area contributed by atoms with Crippen molar-refractivity contribution in [2.24, 2.45) is 0 Å². The van der Waals surface area contributed by atoms with Crippen molar-refractivity contribution in [3.63, 3.8) is 0 Å². The van der Waals surface area contributed by atoms with Gasteiger partial charge in [-0.05, 0) is 30.6 Å². The van der Waals surface area contributed by atoms with Crippen molar-refractivity contribution < 1.29 is 14.6 Å². The third kappa shape index (κ3) is 3.52. The van der Waals surface area contributed by atoms with E-state index >= 15 is 0 Å². The van der Waals surface area contributed by atoms with Crippen molar-refractivity contribution in [1.82, 2.24) is 4.90 Å². The molecule has 0 aliphatic rings. The summed E-state index contributed by atoms with van der Waals surface area (Å²) in [4.78, 5) is 13.5. The second-order valence-corrected chi connectivity index (χ2v) is 4.84. The molecule has 0 heterocycles. The normalized spacial score (nSPS) is 11.0. The largest absolute Gasteiger partial charge is 0.492 e. The Balaban J connectivity index is 2.21. The van der Waals surface area contributed by atoms with E-state index in [0.29, 0.717) is 17.6 Å². The maximum Gasteiger partial charge on any atom is 0.336 e. The van der Waals surface area contributed by atoms with Gasteiger partial charge in [-0.1, -0.05) is 38.1 Å². The summed E-state index contributed by atoms with van der Waals surface area (Å²) < 4.78 is 5.85. The van der Waals surface area contributed by atoms with Gasteiger partial charge in [0.1, 0.15) is 12.4 Å². The summed E-state index contributed by atoms with van der Waals surface area (Å²) in [6, 6.07) is 10.8. The molecule has 0 aromatic heterocycles. The maximum absolute atomic E-state index is 11.3. The van der Waals surface area contributed by atoms with E-state index in [-0.39, 0.29) is 0 Å². The Morgan fingerprint density at radius 2 is 1.76 bits per heavy atom. The number of likely N-dealkylation sites (N-methyl/N-ethyl adjacent to an activating group) is 1. The van der Waals surface area contributed by atoms with Crippen LogP contribution in [0.4, 0.5) is 0 Å². The molecule has 0 bridgehead atoms. The van der Waals surface area contributed by atoms with E-state index in [2.05, 4.69) is 18.7 Å². The van der Waals surface area contributed by atoms with Crippen molar-refractivity contribution in [1.29, 1.82) is 0 Å². The van der Waals surface area contributed by atoms with E-state index in [0.717, 1.165) is 30.8 Å². The molecule has 2 aromatic carbocycles. The van der Waals surface area contributed by atoms with E-state index in [9.17, 15) is 9.90 Å². The molecule has 0 saturated heterocycles. The summed E-state index contributed by atoms with van der Waals surface area (Å²) in [6.45, 7) is 7.71. The minimum absolute atomic E-state index is 0.307. The number of nitrogens with zero attached hydrogens (tertiary/aromatic N) is 1. The van der Waals surface area contributed by atoms with Gasteiger partial charge in [-0.25, -0.2) is 4.79 Å². The summed E-state index contributed by atoms with van der Waals surface area (Å²) in [5, 5.41) is 10.8. The second kappa shape index (κ2) is 7.09. The molecular weight excluding hydrogens is 266 g/mol. The summed E-state index contributed by atoms with van der Waals surface area (Å²) in [6.07, 6.45) is 0. The van der Waals surface area contributed by atoms with Crippen molar-refractivity contribution in [2.45, 2.75) is 13.8 Å². The van der Waals surface area contributed by atoms with Gasteiger partial charge in [0.15, 0.2) is 0 Å². The van der Waals surface area contributed by atoms with Crippen LogP contribution in [0.3, 0.4) is 0 Å². The highest BCUT2D eigenvalue weighted by Gasteiger charge is 2.11. The van der Waals surface area contributed by atoms with Gasteiger partial charge in [0.2, 0.25) is 0 Å². The number of hydrogen-bond acceptors (Lipinski definition) is 3. The van der Waals surface area contributed by atoms with Gasteiger partial charge in [0, 0.05) is 11.9 Å². The van der Waals surface area contributed by atoms with Crippen molar-refractivity contribution in [3.05, 3.63) is 42.0 Å². The fraction of sp³-hybridized carbons (Fsp3) is 0.353. The van der Waals surface area contributed by atoms with Crippen molar-refractivity contribution >= 4 is 16.7 Å². The number of fused-ring (bicyclic) bond motifs is 1. The molecule has 2 rings (SSSR count). The van der Waals surface area contributed by atoms with Gasteiger partial charge in [0.25, 0.3) is 0 Å². The van der Waals surface area contributed by atoms with Crippen molar-refractivity contribution in [2.75, 3.05) is 26.2 Å². The van der Waals surface area contributed by atoms with Crippen LogP contribution in [0.5, 0.6) is 5.75 Å². The predicted octanol–water partition coefficient (Wildman–Crippen LogP) is 3.26. The lowest BCUT2D eigenvalue weighted by Gasteiger charge is -2.18. The zero-order valence-corrected chi connectivity index (χ0v) is 12.5. The zero-order valence-electron chi connectivity index (χ0n) is 12.5. The lowest BCUT2D eigenvalue weighted by molar-refractivity contribution is 0.0699. The summed E-state index contributed by atoms with van der Waals surface area (Å²) >= 11 is 0. The molecule has 1 N–H and O–H groups in total. The van der Waals surface area contributed by atoms with Gasteiger partial charge < -0.3 is 14.7 Å². The van der Waals surface area contributed by atoms with Crippen LogP contribution >= 0.6 is 0 Å². The van der Waals surface area contributed by atoms with Crippen LogP contribution in [-0.4, -0.2) is 42.2 Å². The fourth-order valence-corrected chi connectivity index (χ4v) is 2.41. The fourth-order valence-electron chi connectivity index (χ4n) is 2.41. The van der Waals surface area contributed by atoms with Crippen LogP contribution in [0, 0.1) is 0 Å². The van der Waals surface area contributed by atoms with E-state index in [4.69, 9.17) is 4.74 Å². The summed E-state index contributed by atoms with van der Waals surface area (Å²) in [5.41, 5.74) is 0.307. The minimum atomic E-state index is -0.916. The van der Waals surface area contributed by atoms with Crippen molar-refractivity contribution in [3.8, 4) is 5.75 Å². The van der Waals surface area contributed by atoms with E-state index in [1.807, 2.05) is 24.3 Å². The average molecular weight is 287 g/mol. The first-order valence-corrected chi connectivity index (χ1v) is 7.27. The molecule has 4 nitrogen and oxygen atoms in total. The first-order chi connectivity index (χ1) is 10.2. The third-order valence-electron chi connectivity index (χ3n) is 3.67. The molecule has 0 fully saturated rings. The zero-order chi connectivity index (χ0) is 15.2. The van der Waals surface area contributed by atoms with Crippen LogP contribution in [0.15, 0.2) is 36.4 Å². The number of aromatic carboxylic acids is 1. The highest BCUT2D eigenvalue weighted by molar-refractivity contribution is 6.05. The summed E-state index contributed by atoms with van der Waals surface area (Å²) in [7, 11) is 0. The number of carboxylic acid groups (broad SMARTS) is 1. The number of rotatable bonds is 7. The summed E-state index contributed by atoms with van der Waals surface area (Å²) in [5.74, 6) is -0.177. The number of hydrogen-bond donors (Lipinski definition) is 1. The Morgan fingerprint density at radius 1 is 1.10 bits per heavy atom. The highest BCUT2D eigenvalue weighted by Crippen LogP contribution is 2.28. The highest BCUT2D eigenvalue weighted by atomic mass is 16.5. The molecule has 0 atom stereocenters. The first-order valence-electron chi connectivity index (χ1n) is 7.27. The predicted molar refractivity (Wildman–Crippen MR) is 84.2 cm³/mol. The Kier molecular flexibility index (Phi) is 5.17. The molecule has 2 aromatic rings. The van der Waals surface area contributed by atoms with Gasteiger partial charge in [-0.3, -0.25) is 0 Å². The molecule has 4 heteroatoms. The van der Waals surface area contributed by atoms with Crippen LogP contribution < -0.4 is 4.74 Å². The molecule has 0 aliphatic carbocycles. The van der Waals surface area contributed by atoms with Crippen LogP contribution in [-0.2, 0) is 0 Å².